The number of hydrogen-bond acceptors (Lipinski definition) is 5. The Bertz CT molecular complexity index is 606. The number of hydrogen-bond donors (Lipinski definition) is 1. The van der Waals surface area contributed by atoms with Crippen molar-refractivity contribution in [1.29, 1.82) is 0 Å². The van der Waals surface area contributed by atoms with E-state index in [0.717, 1.165) is 39.2 Å². The molecule has 2 N–H and O–H groups in total. The van der Waals surface area contributed by atoms with E-state index in [1.807, 2.05) is 39.0 Å². The van der Waals surface area contributed by atoms with E-state index in [4.69, 9.17) is 10.5 Å². The van der Waals surface area contributed by atoms with Gasteiger partial charge in [-0.15, -0.1) is 0 Å². The van der Waals surface area contributed by atoms with Crippen LogP contribution in [0.25, 0.3) is 0 Å². The summed E-state index contributed by atoms with van der Waals surface area (Å²) in [6, 6.07) is 5.70. The van der Waals surface area contributed by atoms with Crippen molar-refractivity contribution in [3.8, 4) is 5.75 Å². The maximum Gasteiger partial charge on any atom is 0.188 e. The highest BCUT2D eigenvalue weighted by atomic mass is 32.2. The molecule has 4 nitrogen and oxygen atoms in total. The van der Waals surface area contributed by atoms with Gasteiger partial charge < -0.3 is 10.5 Å². The van der Waals surface area contributed by atoms with Gasteiger partial charge in [0.1, 0.15) is 5.75 Å². The number of aromatic nitrogens is 2. The largest absolute Gasteiger partial charge is 0.496 e. The summed E-state index contributed by atoms with van der Waals surface area (Å²) >= 11 is 1.60. The van der Waals surface area contributed by atoms with Gasteiger partial charge in [-0.2, -0.15) is 0 Å². The van der Waals surface area contributed by atoms with E-state index in [1.165, 1.54) is 0 Å². The third-order valence-electron chi connectivity index (χ3n) is 3.28. The van der Waals surface area contributed by atoms with E-state index in [1.54, 1.807) is 18.9 Å². The van der Waals surface area contributed by atoms with Gasteiger partial charge in [0.15, 0.2) is 5.16 Å². The van der Waals surface area contributed by atoms with Crippen LogP contribution in [0.3, 0.4) is 0 Å². The Morgan fingerprint density at radius 2 is 1.80 bits per heavy atom. The number of nitrogen functional groups attached to an aromatic ring is 1. The lowest BCUT2D eigenvalue weighted by molar-refractivity contribution is 0.411. The molecule has 0 unspecified atom stereocenters. The first-order valence-corrected chi connectivity index (χ1v) is 7.37. The van der Waals surface area contributed by atoms with Gasteiger partial charge in [-0.3, -0.25) is 0 Å². The van der Waals surface area contributed by atoms with E-state index < -0.39 is 0 Å². The minimum atomic E-state index is 0.703. The van der Waals surface area contributed by atoms with Crippen LogP contribution in [0.1, 0.15) is 22.5 Å². The normalized spacial score (nSPS) is 10.6. The van der Waals surface area contributed by atoms with Crippen molar-refractivity contribution in [3.05, 3.63) is 40.7 Å². The Labute approximate surface area is 123 Å². The third-order valence-corrected chi connectivity index (χ3v) is 4.18. The smallest absolute Gasteiger partial charge is 0.188 e. The first-order valence-electron chi connectivity index (χ1n) is 6.38. The fourth-order valence-electron chi connectivity index (χ4n) is 1.83. The summed E-state index contributed by atoms with van der Waals surface area (Å²) in [4.78, 5) is 9.02. The highest BCUT2D eigenvalue weighted by Gasteiger charge is 2.08. The van der Waals surface area contributed by atoms with Crippen molar-refractivity contribution in [2.45, 2.75) is 31.7 Å². The Kier molecular flexibility index (Phi) is 4.49. The van der Waals surface area contributed by atoms with E-state index in [0.29, 0.717) is 5.69 Å². The minimum absolute atomic E-state index is 0.703. The minimum Gasteiger partial charge on any atom is -0.496 e. The zero-order valence-corrected chi connectivity index (χ0v) is 13.0. The second-order valence-corrected chi connectivity index (χ2v) is 5.60. The predicted octanol–water partition coefficient (Wildman–Crippen LogP) is 3.28. The van der Waals surface area contributed by atoms with Gasteiger partial charge in [-0.1, -0.05) is 17.8 Å². The summed E-state index contributed by atoms with van der Waals surface area (Å²) in [6.07, 6.45) is 0. The Morgan fingerprint density at radius 1 is 1.15 bits per heavy atom. The molecule has 0 radical (unpaired) electrons. The average molecular weight is 289 g/mol. The molecule has 0 saturated carbocycles. The van der Waals surface area contributed by atoms with Crippen LogP contribution in [-0.2, 0) is 5.75 Å². The molecule has 20 heavy (non-hydrogen) atoms. The van der Waals surface area contributed by atoms with Gasteiger partial charge in [0.2, 0.25) is 0 Å². The molecule has 1 aromatic heterocycles. The van der Waals surface area contributed by atoms with Gasteiger partial charge in [0, 0.05) is 34.5 Å². The van der Waals surface area contributed by atoms with E-state index in [9.17, 15) is 0 Å². The molecule has 0 aliphatic rings. The Morgan fingerprint density at radius 3 is 2.40 bits per heavy atom. The number of methoxy groups -OCH3 is 1. The zero-order chi connectivity index (χ0) is 14.7. The summed E-state index contributed by atoms with van der Waals surface area (Å²) in [7, 11) is 1.65. The number of nitrogens with zero attached hydrogens (tertiary/aromatic N) is 2. The van der Waals surface area contributed by atoms with Crippen molar-refractivity contribution < 1.29 is 4.74 Å². The Hall–Kier alpha value is -1.75. The first-order chi connectivity index (χ1) is 9.51. The van der Waals surface area contributed by atoms with Crippen LogP contribution in [0, 0.1) is 20.8 Å². The van der Waals surface area contributed by atoms with Crippen molar-refractivity contribution in [2.75, 3.05) is 12.8 Å². The topological polar surface area (TPSA) is 61.0 Å². The predicted molar refractivity (Wildman–Crippen MR) is 83.2 cm³/mol. The lowest BCUT2D eigenvalue weighted by Gasteiger charge is -2.10. The van der Waals surface area contributed by atoms with Crippen LogP contribution in [0.15, 0.2) is 23.4 Å². The fourth-order valence-corrected chi connectivity index (χ4v) is 2.75. The van der Waals surface area contributed by atoms with Gasteiger partial charge in [-0.25, -0.2) is 9.97 Å². The molecule has 0 bridgehead atoms. The number of anilines is 1. The molecular weight excluding hydrogens is 270 g/mol. The first kappa shape index (κ1) is 14.7. The highest BCUT2D eigenvalue weighted by Crippen LogP contribution is 2.28. The summed E-state index contributed by atoms with van der Waals surface area (Å²) < 4.78 is 5.35. The quantitative estimate of drug-likeness (QED) is 0.531. The monoisotopic (exact) mass is 289 g/mol. The van der Waals surface area contributed by atoms with Crippen LogP contribution in [0.5, 0.6) is 5.75 Å². The molecule has 0 saturated heterocycles. The molecule has 0 fully saturated rings. The second kappa shape index (κ2) is 6.13. The summed E-state index contributed by atoms with van der Waals surface area (Å²) in [5.41, 5.74) is 10.8. The fraction of sp³-hybridized carbons (Fsp3) is 0.333. The van der Waals surface area contributed by atoms with Gasteiger partial charge >= 0.3 is 0 Å². The lowest BCUT2D eigenvalue weighted by Crippen LogP contribution is -1.99. The number of thioether (sulfide) groups is 1. The Balaban J connectivity index is 2.17. The standard InChI is InChI=1S/C15H19N3OS/c1-9-10(2)17-15(18-11(9)3)20-8-12-5-6-13(16)7-14(12)19-4/h5-7H,8,16H2,1-4H3. The van der Waals surface area contributed by atoms with Crippen molar-refractivity contribution in [3.63, 3.8) is 0 Å². The van der Waals surface area contributed by atoms with Crippen LogP contribution in [0.4, 0.5) is 5.69 Å². The maximum absolute atomic E-state index is 5.76. The molecule has 106 valence electrons. The van der Waals surface area contributed by atoms with Crippen molar-refractivity contribution >= 4 is 17.4 Å². The molecule has 1 heterocycles. The van der Waals surface area contributed by atoms with Gasteiger partial charge in [0.05, 0.1) is 7.11 Å². The van der Waals surface area contributed by atoms with Crippen LogP contribution >= 0.6 is 11.8 Å². The summed E-state index contributed by atoms with van der Waals surface area (Å²) in [6.45, 7) is 6.07. The number of aryl methyl sites for hydroxylation is 2. The second-order valence-electron chi connectivity index (χ2n) is 4.66. The SMILES string of the molecule is COc1cc(N)ccc1CSc1nc(C)c(C)c(C)n1. The van der Waals surface area contributed by atoms with Crippen LogP contribution in [0.2, 0.25) is 0 Å². The molecule has 2 aromatic rings. The lowest BCUT2D eigenvalue weighted by atomic mass is 10.2. The molecule has 1 aromatic carbocycles. The molecule has 0 atom stereocenters. The molecule has 0 aliphatic heterocycles. The summed E-state index contributed by atoms with van der Waals surface area (Å²) in [5.74, 6) is 1.56. The van der Waals surface area contributed by atoms with Crippen LogP contribution < -0.4 is 10.5 Å². The number of benzene rings is 1. The molecule has 2 rings (SSSR count). The van der Waals surface area contributed by atoms with Gasteiger partial charge in [0.25, 0.3) is 0 Å². The van der Waals surface area contributed by atoms with Crippen molar-refractivity contribution in [2.24, 2.45) is 0 Å². The average Bonchev–Trinajstić information content (AvgIpc) is 2.43. The van der Waals surface area contributed by atoms with E-state index >= 15 is 0 Å². The number of rotatable bonds is 4. The maximum atomic E-state index is 5.76. The molecule has 0 aliphatic carbocycles. The van der Waals surface area contributed by atoms with E-state index in [-0.39, 0.29) is 0 Å². The van der Waals surface area contributed by atoms with Gasteiger partial charge in [-0.05, 0) is 32.4 Å². The highest BCUT2D eigenvalue weighted by molar-refractivity contribution is 7.98. The van der Waals surface area contributed by atoms with Crippen LogP contribution in [-0.4, -0.2) is 17.1 Å². The van der Waals surface area contributed by atoms with E-state index in [2.05, 4.69) is 9.97 Å². The molecular formula is C15H19N3OS. The van der Waals surface area contributed by atoms with Crippen molar-refractivity contribution in [1.82, 2.24) is 9.97 Å². The summed E-state index contributed by atoms with van der Waals surface area (Å²) in [5, 5.41) is 0.796. The molecule has 0 spiro atoms. The molecule has 5 heteroatoms. The zero-order valence-electron chi connectivity index (χ0n) is 12.2. The number of nitrogens with two attached hydrogens (primary N) is 1. The third kappa shape index (κ3) is 3.22. The number of ether oxygens (including phenoxy) is 1. The molecule has 0 amide bonds.